The van der Waals surface area contributed by atoms with Crippen molar-refractivity contribution in [1.82, 2.24) is 4.98 Å². The summed E-state index contributed by atoms with van der Waals surface area (Å²) in [5, 5.41) is -0.213. The molecule has 0 bridgehead atoms. The molecule has 13 heteroatoms. The Hall–Kier alpha value is -1.56. The molecule has 0 saturated heterocycles. The van der Waals surface area contributed by atoms with Gasteiger partial charge in [0.2, 0.25) is 0 Å². The van der Waals surface area contributed by atoms with Crippen molar-refractivity contribution in [2.45, 2.75) is 24.2 Å². The monoisotopic (exact) mass is 502 g/mol. The molecule has 0 spiro atoms. The molecular formula is C15H4BrClF10N. The van der Waals surface area contributed by atoms with Gasteiger partial charge in [-0.05, 0) is 34.1 Å². The average Bonchev–Trinajstić information content (AvgIpc) is 2.51. The molecule has 1 heterocycles. The van der Waals surface area contributed by atoms with E-state index in [1.807, 2.05) is 0 Å². The molecular weight excluding hydrogens is 500 g/mol. The Bertz CT molecular complexity index is 857. The molecule has 0 atom stereocenters. The highest BCUT2D eigenvalue weighted by Gasteiger charge is 2.74. The molecule has 0 amide bonds. The second kappa shape index (κ2) is 7.05. The zero-order chi connectivity index (χ0) is 21.7. The van der Waals surface area contributed by atoms with Crippen molar-refractivity contribution < 1.29 is 43.9 Å². The van der Waals surface area contributed by atoms with Gasteiger partial charge in [0.25, 0.3) is 0 Å². The van der Waals surface area contributed by atoms with Crippen molar-refractivity contribution in [2.24, 2.45) is 0 Å². The van der Waals surface area contributed by atoms with E-state index in [0.29, 0.717) is 6.20 Å². The summed E-state index contributed by atoms with van der Waals surface area (Å²) < 4.78 is 131. The van der Waals surface area contributed by atoms with Crippen LogP contribution in [0.5, 0.6) is 0 Å². The topological polar surface area (TPSA) is 12.9 Å². The highest BCUT2D eigenvalue weighted by molar-refractivity contribution is 9.10. The summed E-state index contributed by atoms with van der Waals surface area (Å²) in [6, 6.07) is 2.82. The number of hydrogen-bond donors (Lipinski definition) is 0. The minimum Gasteiger partial charge on any atom is -0.244 e. The van der Waals surface area contributed by atoms with Gasteiger partial charge in [0.15, 0.2) is 0 Å². The van der Waals surface area contributed by atoms with Crippen LogP contribution in [0, 0.1) is 6.07 Å². The first kappa shape index (κ1) is 22.7. The number of rotatable bonds is 2. The summed E-state index contributed by atoms with van der Waals surface area (Å²) in [5.74, 6) is 0. The quantitative estimate of drug-likeness (QED) is 0.310. The van der Waals surface area contributed by atoms with Crippen LogP contribution in [-0.4, -0.2) is 17.3 Å². The molecule has 1 aromatic carbocycles. The highest BCUT2D eigenvalue weighted by Crippen LogP contribution is 2.56. The SMILES string of the molecule is FC(F)(F)c1[c]c(Br)c(-c2ccc(Cl)nc2)c(C(F)(C(F)(F)F)C(F)(F)F)c1. The Morgan fingerprint density at radius 1 is 0.893 bits per heavy atom. The van der Waals surface area contributed by atoms with Gasteiger partial charge in [0.1, 0.15) is 5.15 Å². The lowest BCUT2D eigenvalue weighted by atomic mass is 9.86. The molecule has 0 fully saturated rings. The third-order valence-corrected chi connectivity index (χ3v) is 4.31. The molecule has 2 rings (SSSR count). The summed E-state index contributed by atoms with van der Waals surface area (Å²) in [4.78, 5) is 3.44. The van der Waals surface area contributed by atoms with Crippen molar-refractivity contribution in [2.75, 3.05) is 0 Å². The molecule has 28 heavy (non-hydrogen) atoms. The van der Waals surface area contributed by atoms with E-state index in [1.54, 1.807) is 6.07 Å². The van der Waals surface area contributed by atoms with E-state index in [9.17, 15) is 43.9 Å². The number of pyridine rings is 1. The van der Waals surface area contributed by atoms with E-state index in [1.165, 1.54) is 0 Å². The smallest absolute Gasteiger partial charge is 0.244 e. The second-order valence-corrected chi connectivity index (χ2v) is 6.49. The van der Waals surface area contributed by atoms with Crippen molar-refractivity contribution >= 4 is 27.5 Å². The van der Waals surface area contributed by atoms with Crippen LogP contribution in [0.3, 0.4) is 0 Å². The van der Waals surface area contributed by atoms with Gasteiger partial charge >= 0.3 is 24.2 Å². The van der Waals surface area contributed by atoms with Crippen molar-refractivity contribution in [3.8, 4) is 11.1 Å². The summed E-state index contributed by atoms with van der Waals surface area (Å²) >= 11 is 7.94. The van der Waals surface area contributed by atoms with E-state index in [-0.39, 0.29) is 5.15 Å². The zero-order valence-corrected chi connectivity index (χ0v) is 15.1. The summed E-state index contributed by atoms with van der Waals surface area (Å²) in [6.45, 7) is 0. The van der Waals surface area contributed by atoms with Gasteiger partial charge in [-0.25, -0.2) is 9.37 Å². The molecule has 1 nitrogen and oxygen atoms in total. The van der Waals surface area contributed by atoms with Crippen LogP contribution in [0.15, 0.2) is 28.9 Å². The molecule has 1 radical (unpaired) electrons. The van der Waals surface area contributed by atoms with Crippen molar-refractivity contribution in [3.63, 3.8) is 0 Å². The lowest BCUT2D eigenvalue weighted by Crippen LogP contribution is -2.50. The van der Waals surface area contributed by atoms with Crippen LogP contribution < -0.4 is 0 Å². The molecule has 0 aliphatic heterocycles. The predicted octanol–water partition coefficient (Wildman–Crippen LogP) is 7.27. The van der Waals surface area contributed by atoms with E-state index in [2.05, 4.69) is 20.9 Å². The standard InChI is InChI=1S/C15H4BrClF10N/c16-9-4-7(13(19,20)21)3-8(11(9)6-1-2-10(17)28-5-6)12(18,14(22,23)24)15(25,26)27/h1-3,5H. The number of aromatic nitrogens is 1. The number of hydrogen-bond acceptors (Lipinski definition) is 1. The van der Waals surface area contributed by atoms with E-state index >= 15 is 0 Å². The van der Waals surface area contributed by atoms with Gasteiger partial charge in [-0.1, -0.05) is 11.6 Å². The fraction of sp³-hybridized carbons (Fsp3) is 0.267. The van der Waals surface area contributed by atoms with Gasteiger partial charge in [0.05, 0.1) is 5.56 Å². The first-order chi connectivity index (χ1) is 12.5. The summed E-state index contributed by atoms with van der Waals surface area (Å²) in [7, 11) is 0. The van der Waals surface area contributed by atoms with Gasteiger partial charge in [0, 0.05) is 33.4 Å². The fourth-order valence-corrected chi connectivity index (χ4v) is 3.02. The normalized spacial score (nSPS) is 13.7. The highest BCUT2D eigenvalue weighted by atomic mass is 79.9. The summed E-state index contributed by atoms with van der Waals surface area (Å²) in [5.41, 5.74) is -12.2. The van der Waals surface area contributed by atoms with Gasteiger partial charge in [-0.15, -0.1) is 0 Å². The average molecular weight is 504 g/mol. The Morgan fingerprint density at radius 2 is 1.43 bits per heavy atom. The van der Waals surface area contributed by atoms with Crippen molar-refractivity contribution in [1.29, 1.82) is 0 Å². The minimum atomic E-state index is -6.62. The van der Waals surface area contributed by atoms with Crippen LogP contribution >= 0.6 is 27.5 Å². The third-order valence-electron chi connectivity index (χ3n) is 3.50. The number of halogens is 12. The van der Waals surface area contributed by atoms with E-state index in [4.69, 9.17) is 11.6 Å². The Balaban J connectivity index is 3.00. The molecule has 2 aromatic rings. The van der Waals surface area contributed by atoms with Gasteiger partial charge < -0.3 is 0 Å². The summed E-state index contributed by atoms with van der Waals surface area (Å²) in [6.07, 6.45) is -18.0. The fourth-order valence-electron chi connectivity index (χ4n) is 2.25. The van der Waals surface area contributed by atoms with Crippen LogP contribution in [0.1, 0.15) is 11.1 Å². The van der Waals surface area contributed by atoms with Crippen LogP contribution in [0.2, 0.25) is 5.15 Å². The van der Waals surface area contributed by atoms with Crippen LogP contribution in [-0.2, 0) is 11.8 Å². The molecule has 1 aromatic heterocycles. The van der Waals surface area contributed by atoms with Crippen LogP contribution in [0.4, 0.5) is 43.9 Å². The predicted molar refractivity (Wildman–Crippen MR) is 81.1 cm³/mol. The minimum absolute atomic E-state index is 0.213. The maximum absolute atomic E-state index is 14.6. The maximum Gasteiger partial charge on any atom is 0.435 e. The van der Waals surface area contributed by atoms with Crippen LogP contribution in [0.25, 0.3) is 11.1 Å². The molecule has 0 aliphatic carbocycles. The molecule has 0 N–H and O–H groups in total. The van der Waals surface area contributed by atoms with E-state index in [0.717, 1.165) is 12.1 Å². The Kier molecular flexibility index (Phi) is 5.72. The maximum atomic E-state index is 14.6. The first-order valence-electron chi connectivity index (χ1n) is 6.78. The molecule has 153 valence electrons. The Morgan fingerprint density at radius 3 is 1.82 bits per heavy atom. The first-order valence-corrected chi connectivity index (χ1v) is 7.95. The zero-order valence-electron chi connectivity index (χ0n) is 12.8. The van der Waals surface area contributed by atoms with Crippen molar-refractivity contribution in [3.05, 3.63) is 51.2 Å². The molecule has 0 unspecified atom stereocenters. The molecule has 0 aliphatic rings. The third kappa shape index (κ3) is 3.93. The lowest BCUT2D eigenvalue weighted by molar-refractivity contribution is -0.348. The second-order valence-electron chi connectivity index (χ2n) is 5.31. The largest absolute Gasteiger partial charge is 0.435 e. The number of alkyl halides is 10. The number of nitrogens with zero attached hydrogens (tertiary/aromatic N) is 1. The van der Waals surface area contributed by atoms with E-state index < -0.39 is 57.0 Å². The number of benzene rings is 1. The van der Waals surface area contributed by atoms with Gasteiger partial charge in [-0.2, -0.15) is 39.5 Å². The lowest BCUT2D eigenvalue weighted by Gasteiger charge is -2.32. The van der Waals surface area contributed by atoms with Gasteiger partial charge in [-0.3, -0.25) is 0 Å². The Labute approximate surface area is 163 Å². The molecule has 0 saturated carbocycles.